The van der Waals surface area contributed by atoms with E-state index in [1.165, 1.54) is 11.3 Å². The molecule has 1 fully saturated rings. The fraction of sp³-hybridized carbons (Fsp3) is 0.412. The van der Waals surface area contributed by atoms with Crippen LogP contribution in [0.15, 0.2) is 24.3 Å². The van der Waals surface area contributed by atoms with Gasteiger partial charge in [-0.15, -0.1) is 11.3 Å². The Labute approximate surface area is 139 Å². The van der Waals surface area contributed by atoms with Crippen molar-refractivity contribution in [1.82, 2.24) is 5.32 Å². The summed E-state index contributed by atoms with van der Waals surface area (Å²) in [6.45, 7) is 5.92. The summed E-state index contributed by atoms with van der Waals surface area (Å²) >= 11 is 1.40. The zero-order valence-corrected chi connectivity index (χ0v) is 14.0. The van der Waals surface area contributed by atoms with Crippen molar-refractivity contribution in [2.24, 2.45) is 11.8 Å². The maximum atomic E-state index is 12.3. The van der Waals surface area contributed by atoms with E-state index in [1.54, 1.807) is 6.92 Å². The predicted molar refractivity (Wildman–Crippen MR) is 91.9 cm³/mol. The van der Waals surface area contributed by atoms with Crippen molar-refractivity contribution in [3.8, 4) is 0 Å². The highest BCUT2D eigenvalue weighted by Crippen LogP contribution is 2.29. The molecule has 2 heterocycles. The quantitative estimate of drug-likeness (QED) is 0.826. The molecule has 1 aromatic carbocycles. The third-order valence-electron chi connectivity index (χ3n) is 4.19. The first-order valence-electron chi connectivity index (χ1n) is 7.80. The third-order valence-corrected chi connectivity index (χ3v) is 5.29. The van der Waals surface area contributed by atoms with Gasteiger partial charge in [-0.25, -0.2) is 4.79 Å². The summed E-state index contributed by atoms with van der Waals surface area (Å²) in [5, 5.41) is 7.09. The van der Waals surface area contributed by atoms with E-state index in [4.69, 9.17) is 4.74 Å². The van der Waals surface area contributed by atoms with Gasteiger partial charge in [-0.05, 0) is 55.6 Å². The van der Waals surface area contributed by atoms with Crippen LogP contribution in [0.1, 0.15) is 23.5 Å². The van der Waals surface area contributed by atoms with Gasteiger partial charge < -0.3 is 15.4 Å². The average Bonchev–Trinajstić information content (AvgIpc) is 2.89. The topological polar surface area (TPSA) is 67.4 Å². The zero-order chi connectivity index (χ0) is 16.4. The molecule has 1 saturated heterocycles. The molecule has 1 amide bonds. The highest BCUT2D eigenvalue weighted by Gasteiger charge is 2.28. The standard InChI is InChI=1S/C17H20N2O3S/c1-3-22-17(21)15-7-11-6-13(4-5-14(11)23-15)19-16(20)10(2)12-8-18-9-12/h4-7,10,12,18H,3,8-9H2,1-2H3,(H,19,20). The van der Waals surface area contributed by atoms with Crippen molar-refractivity contribution < 1.29 is 14.3 Å². The number of amides is 1. The molecule has 1 atom stereocenters. The summed E-state index contributed by atoms with van der Waals surface area (Å²) in [6, 6.07) is 7.51. The first kappa shape index (κ1) is 16.0. The SMILES string of the molecule is CCOC(=O)c1cc2cc(NC(=O)C(C)C3CNC3)ccc2s1. The average molecular weight is 332 g/mol. The Morgan fingerprint density at radius 3 is 2.83 bits per heavy atom. The number of hydrogen-bond acceptors (Lipinski definition) is 5. The number of benzene rings is 1. The summed E-state index contributed by atoms with van der Waals surface area (Å²) in [6.07, 6.45) is 0. The van der Waals surface area contributed by atoms with E-state index < -0.39 is 0 Å². The Kier molecular flexibility index (Phi) is 4.63. The number of anilines is 1. The number of carbonyl (C=O) groups excluding carboxylic acids is 2. The van der Waals surface area contributed by atoms with Gasteiger partial charge in [0.1, 0.15) is 4.88 Å². The van der Waals surface area contributed by atoms with Crippen molar-refractivity contribution in [2.45, 2.75) is 13.8 Å². The molecule has 1 unspecified atom stereocenters. The van der Waals surface area contributed by atoms with Gasteiger partial charge in [0.25, 0.3) is 0 Å². The lowest BCUT2D eigenvalue weighted by Gasteiger charge is -2.31. The second kappa shape index (κ2) is 6.68. The van der Waals surface area contributed by atoms with E-state index in [1.807, 2.05) is 31.2 Å². The molecule has 5 nitrogen and oxygen atoms in total. The van der Waals surface area contributed by atoms with Crippen LogP contribution in [0.25, 0.3) is 10.1 Å². The highest BCUT2D eigenvalue weighted by molar-refractivity contribution is 7.20. The number of carbonyl (C=O) groups is 2. The minimum absolute atomic E-state index is 0.00971. The Hall–Kier alpha value is -1.92. The summed E-state index contributed by atoms with van der Waals surface area (Å²) in [5.41, 5.74) is 0.759. The van der Waals surface area contributed by atoms with Gasteiger partial charge in [-0.2, -0.15) is 0 Å². The molecular weight excluding hydrogens is 312 g/mol. The first-order chi connectivity index (χ1) is 11.1. The van der Waals surface area contributed by atoms with Gasteiger partial charge in [-0.3, -0.25) is 4.79 Å². The van der Waals surface area contributed by atoms with Crippen molar-refractivity contribution in [1.29, 1.82) is 0 Å². The van der Waals surface area contributed by atoms with Gasteiger partial charge in [0.2, 0.25) is 5.91 Å². The normalized spacial score (nSPS) is 15.9. The smallest absolute Gasteiger partial charge is 0.348 e. The van der Waals surface area contributed by atoms with Crippen LogP contribution in [-0.2, 0) is 9.53 Å². The van der Waals surface area contributed by atoms with Crippen molar-refractivity contribution in [3.05, 3.63) is 29.1 Å². The number of esters is 1. The Bertz CT molecular complexity index is 737. The zero-order valence-electron chi connectivity index (χ0n) is 13.2. The minimum atomic E-state index is -0.301. The molecule has 122 valence electrons. The third kappa shape index (κ3) is 3.38. The fourth-order valence-corrected chi connectivity index (χ4v) is 3.50. The largest absolute Gasteiger partial charge is 0.462 e. The van der Waals surface area contributed by atoms with Crippen LogP contribution < -0.4 is 10.6 Å². The Balaban J connectivity index is 1.74. The number of ether oxygens (including phenoxy) is 1. The van der Waals surface area contributed by atoms with Crippen molar-refractivity contribution in [3.63, 3.8) is 0 Å². The van der Waals surface area contributed by atoms with Crippen LogP contribution >= 0.6 is 11.3 Å². The van der Waals surface area contributed by atoms with E-state index in [0.717, 1.165) is 28.9 Å². The molecule has 0 aliphatic carbocycles. The monoisotopic (exact) mass is 332 g/mol. The molecular formula is C17H20N2O3S. The van der Waals surface area contributed by atoms with Crippen molar-refractivity contribution in [2.75, 3.05) is 25.0 Å². The Morgan fingerprint density at radius 2 is 2.17 bits per heavy atom. The van der Waals surface area contributed by atoms with E-state index in [2.05, 4.69) is 10.6 Å². The molecule has 0 bridgehead atoms. The molecule has 1 aliphatic heterocycles. The van der Waals surface area contributed by atoms with Crippen LogP contribution in [0.2, 0.25) is 0 Å². The van der Waals surface area contributed by atoms with E-state index in [0.29, 0.717) is 17.4 Å². The van der Waals surface area contributed by atoms with E-state index in [9.17, 15) is 9.59 Å². The van der Waals surface area contributed by atoms with Gasteiger partial charge in [-0.1, -0.05) is 6.92 Å². The lowest BCUT2D eigenvalue weighted by molar-refractivity contribution is -0.121. The number of thiophene rings is 1. The van der Waals surface area contributed by atoms with Crippen molar-refractivity contribution >= 4 is 39.0 Å². The summed E-state index contributed by atoms with van der Waals surface area (Å²) < 4.78 is 6.03. The molecule has 2 aromatic rings. The number of hydrogen-bond donors (Lipinski definition) is 2. The first-order valence-corrected chi connectivity index (χ1v) is 8.62. The number of rotatable bonds is 5. The number of nitrogens with one attached hydrogen (secondary N) is 2. The van der Waals surface area contributed by atoms with Crippen LogP contribution in [-0.4, -0.2) is 31.6 Å². The van der Waals surface area contributed by atoms with Gasteiger partial charge >= 0.3 is 5.97 Å². The molecule has 1 aliphatic rings. The molecule has 6 heteroatoms. The number of fused-ring (bicyclic) bond motifs is 1. The van der Waals surface area contributed by atoms with Gasteiger partial charge in [0, 0.05) is 16.3 Å². The molecule has 0 spiro atoms. The molecule has 0 saturated carbocycles. The fourth-order valence-electron chi connectivity index (χ4n) is 2.56. The van der Waals surface area contributed by atoms with Gasteiger partial charge in [0.15, 0.2) is 0 Å². The van der Waals surface area contributed by atoms with E-state index >= 15 is 0 Å². The summed E-state index contributed by atoms with van der Waals surface area (Å²) in [5.74, 6) is 0.141. The summed E-state index contributed by atoms with van der Waals surface area (Å²) in [7, 11) is 0. The van der Waals surface area contributed by atoms with Crippen LogP contribution in [0, 0.1) is 11.8 Å². The maximum absolute atomic E-state index is 12.3. The second-order valence-corrected chi connectivity index (χ2v) is 6.86. The van der Waals surface area contributed by atoms with Crippen LogP contribution in [0.5, 0.6) is 0 Å². The van der Waals surface area contributed by atoms with Crippen LogP contribution in [0.4, 0.5) is 5.69 Å². The molecule has 1 aromatic heterocycles. The summed E-state index contributed by atoms with van der Waals surface area (Å²) in [4.78, 5) is 24.6. The second-order valence-electron chi connectivity index (χ2n) is 5.78. The molecule has 23 heavy (non-hydrogen) atoms. The molecule has 3 rings (SSSR count). The lowest BCUT2D eigenvalue weighted by Crippen LogP contribution is -2.48. The van der Waals surface area contributed by atoms with E-state index in [-0.39, 0.29) is 17.8 Å². The molecule has 2 N–H and O–H groups in total. The van der Waals surface area contributed by atoms with Gasteiger partial charge in [0.05, 0.1) is 6.61 Å². The Morgan fingerprint density at radius 1 is 1.39 bits per heavy atom. The predicted octanol–water partition coefficient (Wildman–Crippen LogP) is 2.87. The highest BCUT2D eigenvalue weighted by atomic mass is 32.1. The lowest BCUT2D eigenvalue weighted by atomic mass is 9.88. The van der Waals surface area contributed by atoms with Crippen LogP contribution in [0.3, 0.4) is 0 Å². The maximum Gasteiger partial charge on any atom is 0.348 e. The molecule has 0 radical (unpaired) electrons. The minimum Gasteiger partial charge on any atom is -0.462 e.